The smallest absolute Gasteiger partial charge is 0.249 e. The molecule has 3 heterocycles. The molecule has 5 N–H and O–H groups in total. The molecule has 0 aliphatic carbocycles. The van der Waals surface area contributed by atoms with Gasteiger partial charge in [-0.3, -0.25) is 19.2 Å². The molecule has 11 nitrogen and oxygen atoms in total. The number of nitrogens with zero attached hydrogens (tertiary/aromatic N) is 2. The molecule has 0 radical (unpaired) electrons. The van der Waals surface area contributed by atoms with Crippen LogP contribution in [-0.2, 0) is 30.3 Å². The van der Waals surface area contributed by atoms with Gasteiger partial charge < -0.3 is 35.9 Å². The zero-order valence-electron chi connectivity index (χ0n) is 20.5. The molecule has 2 saturated heterocycles. The van der Waals surface area contributed by atoms with E-state index in [1.165, 1.54) is 12.0 Å². The lowest BCUT2D eigenvalue weighted by atomic mass is 9.95. The topological polar surface area (TPSA) is 150 Å². The van der Waals surface area contributed by atoms with Crippen LogP contribution in [-0.4, -0.2) is 96.9 Å². The first-order valence-electron chi connectivity index (χ1n) is 12.3. The van der Waals surface area contributed by atoms with Crippen molar-refractivity contribution in [2.24, 2.45) is 11.7 Å². The number of benzene rings is 1. The summed E-state index contributed by atoms with van der Waals surface area (Å²) in [4.78, 5) is 57.9. The van der Waals surface area contributed by atoms with E-state index in [1.54, 1.807) is 11.1 Å². The Morgan fingerprint density at radius 2 is 1.92 bits per heavy atom. The summed E-state index contributed by atoms with van der Waals surface area (Å²) < 4.78 is 5.00. The van der Waals surface area contributed by atoms with Gasteiger partial charge in [0.05, 0.1) is 6.54 Å². The molecule has 4 amide bonds. The van der Waals surface area contributed by atoms with Crippen LogP contribution in [0.3, 0.4) is 0 Å². The SMILES string of the molecule is COCC(=O)N1CCN(C(=O)C2CCNCC2)C[C@@H]1C(=O)N[C@H](Cc1c[nH]c2ccccc12)C(N)=O. The van der Waals surface area contributed by atoms with Gasteiger partial charge in [0.2, 0.25) is 23.6 Å². The van der Waals surface area contributed by atoms with Crippen LogP contribution in [0.2, 0.25) is 0 Å². The predicted octanol–water partition coefficient (Wildman–Crippen LogP) is -0.634. The molecule has 2 aromatic rings. The first-order valence-corrected chi connectivity index (χ1v) is 12.3. The minimum atomic E-state index is -0.980. The van der Waals surface area contributed by atoms with Gasteiger partial charge >= 0.3 is 0 Å². The first-order chi connectivity index (χ1) is 17.4. The van der Waals surface area contributed by atoms with Crippen LogP contribution in [0.25, 0.3) is 10.9 Å². The molecule has 36 heavy (non-hydrogen) atoms. The van der Waals surface area contributed by atoms with Crippen molar-refractivity contribution in [1.29, 1.82) is 0 Å². The number of aromatic nitrogens is 1. The summed E-state index contributed by atoms with van der Waals surface area (Å²) in [6.45, 7) is 1.99. The number of aromatic amines is 1. The third-order valence-electron chi connectivity index (χ3n) is 7.03. The third-order valence-corrected chi connectivity index (χ3v) is 7.03. The van der Waals surface area contributed by atoms with Gasteiger partial charge in [0.25, 0.3) is 0 Å². The van der Waals surface area contributed by atoms with E-state index in [9.17, 15) is 19.2 Å². The molecule has 2 aliphatic heterocycles. The number of nitrogens with two attached hydrogens (primary N) is 1. The second kappa shape index (κ2) is 11.5. The monoisotopic (exact) mass is 498 g/mol. The quantitative estimate of drug-likeness (QED) is 0.381. The Kier molecular flexibility index (Phi) is 8.21. The summed E-state index contributed by atoms with van der Waals surface area (Å²) in [5.41, 5.74) is 7.41. The number of ether oxygens (including phenoxy) is 1. The molecule has 0 unspecified atom stereocenters. The number of amides is 4. The fourth-order valence-electron chi connectivity index (χ4n) is 5.05. The summed E-state index contributed by atoms with van der Waals surface area (Å²) in [6.07, 6.45) is 3.47. The largest absolute Gasteiger partial charge is 0.375 e. The van der Waals surface area contributed by atoms with E-state index in [0.717, 1.165) is 42.4 Å². The maximum atomic E-state index is 13.5. The number of nitrogens with one attached hydrogen (secondary N) is 3. The van der Waals surface area contributed by atoms with Crippen molar-refractivity contribution in [1.82, 2.24) is 25.4 Å². The number of fused-ring (bicyclic) bond motifs is 1. The number of rotatable bonds is 8. The van der Waals surface area contributed by atoms with Crippen molar-refractivity contribution in [3.8, 4) is 0 Å². The molecular formula is C25H34N6O5. The molecule has 4 rings (SSSR count). The fourth-order valence-corrected chi connectivity index (χ4v) is 5.05. The maximum Gasteiger partial charge on any atom is 0.249 e. The summed E-state index contributed by atoms with van der Waals surface area (Å²) in [5.74, 6) is -1.65. The first kappa shape index (κ1) is 25.6. The Bertz CT molecular complexity index is 1110. The highest BCUT2D eigenvalue weighted by atomic mass is 16.5. The van der Waals surface area contributed by atoms with Gasteiger partial charge in [-0.05, 0) is 37.6 Å². The Labute approximate surface area is 209 Å². The number of piperidine rings is 1. The van der Waals surface area contributed by atoms with Crippen molar-refractivity contribution >= 4 is 34.5 Å². The molecule has 1 aromatic heterocycles. The Hall–Kier alpha value is -3.44. The van der Waals surface area contributed by atoms with E-state index < -0.39 is 23.9 Å². The van der Waals surface area contributed by atoms with Gasteiger partial charge in [-0.1, -0.05) is 18.2 Å². The fraction of sp³-hybridized carbons (Fsp3) is 0.520. The lowest BCUT2D eigenvalue weighted by molar-refractivity contribution is -0.152. The maximum absolute atomic E-state index is 13.5. The highest BCUT2D eigenvalue weighted by Gasteiger charge is 2.39. The van der Waals surface area contributed by atoms with Gasteiger partial charge in [0.15, 0.2) is 0 Å². The van der Waals surface area contributed by atoms with Gasteiger partial charge in [0.1, 0.15) is 18.7 Å². The highest BCUT2D eigenvalue weighted by molar-refractivity contribution is 5.93. The zero-order chi connectivity index (χ0) is 25.7. The third kappa shape index (κ3) is 5.68. The standard InChI is InChI=1S/C25H34N6O5/c1-36-15-22(32)31-11-10-30(25(35)16-6-8-27-9-7-16)14-21(31)24(34)29-20(23(26)33)12-17-13-28-19-5-3-2-4-18(17)19/h2-5,13,16,20-21,27-28H,6-12,14-15H2,1H3,(H2,26,33)(H,29,34)/t20-,21-/m1/s1. The zero-order valence-corrected chi connectivity index (χ0v) is 20.5. The van der Waals surface area contributed by atoms with Crippen molar-refractivity contribution < 1.29 is 23.9 Å². The van der Waals surface area contributed by atoms with E-state index in [-0.39, 0.29) is 43.8 Å². The molecule has 0 bridgehead atoms. The van der Waals surface area contributed by atoms with Gasteiger partial charge in [-0.2, -0.15) is 0 Å². The van der Waals surface area contributed by atoms with Crippen LogP contribution in [0.5, 0.6) is 0 Å². The van der Waals surface area contributed by atoms with Crippen LogP contribution >= 0.6 is 0 Å². The molecule has 0 spiro atoms. The second-order valence-corrected chi connectivity index (χ2v) is 9.37. The van der Waals surface area contributed by atoms with E-state index in [2.05, 4.69) is 15.6 Å². The normalized spacial score (nSPS) is 19.8. The second-order valence-electron chi connectivity index (χ2n) is 9.37. The number of carbonyl (C=O) groups excluding carboxylic acids is 4. The molecule has 0 saturated carbocycles. The highest BCUT2D eigenvalue weighted by Crippen LogP contribution is 2.21. The number of methoxy groups -OCH3 is 1. The van der Waals surface area contributed by atoms with E-state index >= 15 is 0 Å². The predicted molar refractivity (Wildman–Crippen MR) is 133 cm³/mol. The Morgan fingerprint density at radius 3 is 2.64 bits per heavy atom. The Balaban J connectivity index is 1.50. The summed E-state index contributed by atoms with van der Waals surface area (Å²) in [6, 6.07) is 5.72. The van der Waals surface area contributed by atoms with Crippen molar-refractivity contribution in [3.05, 3.63) is 36.0 Å². The van der Waals surface area contributed by atoms with Gasteiger partial charge in [-0.25, -0.2) is 0 Å². The number of H-pyrrole nitrogens is 1. The van der Waals surface area contributed by atoms with Crippen LogP contribution in [0.15, 0.2) is 30.5 Å². The molecule has 2 fully saturated rings. The van der Waals surface area contributed by atoms with Crippen molar-refractivity contribution in [3.63, 3.8) is 0 Å². The van der Waals surface area contributed by atoms with Crippen LogP contribution in [0, 0.1) is 5.92 Å². The van der Waals surface area contributed by atoms with Crippen molar-refractivity contribution in [2.75, 3.05) is 46.4 Å². The molecular weight excluding hydrogens is 464 g/mol. The molecule has 2 atom stereocenters. The molecule has 194 valence electrons. The number of primary amides is 1. The lowest BCUT2D eigenvalue weighted by Gasteiger charge is -2.42. The Morgan fingerprint density at radius 1 is 1.17 bits per heavy atom. The summed E-state index contributed by atoms with van der Waals surface area (Å²) >= 11 is 0. The summed E-state index contributed by atoms with van der Waals surface area (Å²) in [5, 5.41) is 6.93. The number of para-hydroxylation sites is 1. The van der Waals surface area contributed by atoms with Crippen LogP contribution < -0.4 is 16.4 Å². The minimum absolute atomic E-state index is 0.00150. The average molecular weight is 499 g/mol. The van der Waals surface area contributed by atoms with Gasteiger partial charge in [0, 0.05) is 49.6 Å². The number of hydrogen-bond donors (Lipinski definition) is 4. The molecule has 2 aliphatic rings. The van der Waals surface area contributed by atoms with Crippen LogP contribution in [0.1, 0.15) is 18.4 Å². The minimum Gasteiger partial charge on any atom is -0.375 e. The number of piperazine rings is 1. The number of carbonyl (C=O) groups is 4. The van der Waals surface area contributed by atoms with E-state index in [1.807, 2.05) is 24.3 Å². The number of hydrogen-bond acceptors (Lipinski definition) is 6. The lowest BCUT2D eigenvalue weighted by Crippen LogP contribution is -2.64. The average Bonchev–Trinajstić information content (AvgIpc) is 3.30. The van der Waals surface area contributed by atoms with E-state index in [0.29, 0.717) is 6.54 Å². The summed E-state index contributed by atoms with van der Waals surface area (Å²) in [7, 11) is 1.41. The molecule has 1 aromatic carbocycles. The van der Waals surface area contributed by atoms with Gasteiger partial charge in [-0.15, -0.1) is 0 Å². The van der Waals surface area contributed by atoms with Crippen molar-refractivity contribution in [2.45, 2.75) is 31.3 Å². The van der Waals surface area contributed by atoms with Crippen LogP contribution in [0.4, 0.5) is 0 Å². The van der Waals surface area contributed by atoms with E-state index in [4.69, 9.17) is 10.5 Å². The molecule has 11 heteroatoms.